The fourth-order valence-electron chi connectivity index (χ4n) is 1.54. The molecule has 0 radical (unpaired) electrons. The number of aromatic nitrogens is 2. The lowest BCUT2D eigenvalue weighted by atomic mass is 10.1. The summed E-state index contributed by atoms with van der Waals surface area (Å²) in [5.41, 5.74) is 7.91. The van der Waals surface area contributed by atoms with Crippen molar-refractivity contribution in [2.75, 3.05) is 5.73 Å². The number of carboxylic acid groups (broad SMARTS) is 1. The van der Waals surface area contributed by atoms with Gasteiger partial charge in [-0.1, -0.05) is 6.07 Å². The SMILES string of the molecule is Nc1ncc(CC(=O)O)cc1-c1cccnc1. The lowest BCUT2D eigenvalue weighted by Crippen LogP contribution is -2.02. The third-order valence-electron chi connectivity index (χ3n) is 2.30. The molecule has 0 unspecified atom stereocenters. The van der Waals surface area contributed by atoms with Crippen molar-refractivity contribution in [2.24, 2.45) is 0 Å². The number of rotatable bonds is 3. The Hall–Kier alpha value is -2.43. The normalized spacial score (nSPS) is 10.1. The minimum atomic E-state index is -0.895. The Balaban J connectivity index is 2.43. The van der Waals surface area contributed by atoms with Gasteiger partial charge in [0.25, 0.3) is 0 Å². The number of hydrogen-bond acceptors (Lipinski definition) is 4. The van der Waals surface area contributed by atoms with E-state index in [-0.39, 0.29) is 6.42 Å². The van der Waals surface area contributed by atoms with E-state index in [0.717, 1.165) is 5.56 Å². The molecule has 86 valence electrons. The van der Waals surface area contributed by atoms with Gasteiger partial charge in [0.2, 0.25) is 0 Å². The molecule has 0 aromatic carbocycles. The molecule has 0 aliphatic heterocycles. The second-order valence-corrected chi connectivity index (χ2v) is 3.59. The van der Waals surface area contributed by atoms with Gasteiger partial charge in [0, 0.05) is 29.7 Å². The Bertz CT molecular complexity index is 541. The summed E-state index contributed by atoms with van der Waals surface area (Å²) in [4.78, 5) is 18.6. The highest BCUT2D eigenvalue weighted by atomic mass is 16.4. The van der Waals surface area contributed by atoms with Gasteiger partial charge in [0.1, 0.15) is 5.82 Å². The Labute approximate surface area is 98.0 Å². The summed E-state index contributed by atoms with van der Waals surface area (Å²) in [5, 5.41) is 8.73. The van der Waals surface area contributed by atoms with E-state index < -0.39 is 5.97 Å². The van der Waals surface area contributed by atoms with Gasteiger partial charge in [0.15, 0.2) is 0 Å². The van der Waals surface area contributed by atoms with Gasteiger partial charge in [-0.15, -0.1) is 0 Å². The summed E-state index contributed by atoms with van der Waals surface area (Å²) < 4.78 is 0. The molecular weight excluding hydrogens is 218 g/mol. The number of hydrogen-bond donors (Lipinski definition) is 2. The van der Waals surface area contributed by atoms with Gasteiger partial charge in [-0.05, 0) is 17.7 Å². The average molecular weight is 229 g/mol. The molecule has 0 saturated carbocycles. The monoisotopic (exact) mass is 229 g/mol. The minimum absolute atomic E-state index is 0.0689. The number of aliphatic carboxylic acids is 1. The highest BCUT2D eigenvalue weighted by Crippen LogP contribution is 2.24. The molecule has 3 N–H and O–H groups in total. The average Bonchev–Trinajstić information content (AvgIpc) is 2.32. The van der Waals surface area contributed by atoms with Crippen molar-refractivity contribution in [3.8, 4) is 11.1 Å². The number of anilines is 1. The van der Waals surface area contributed by atoms with E-state index >= 15 is 0 Å². The number of nitrogen functional groups attached to an aromatic ring is 1. The van der Waals surface area contributed by atoms with E-state index in [0.29, 0.717) is 16.9 Å². The van der Waals surface area contributed by atoms with E-state index in [1.165, 1.54) is 6.20 Å². The molecule has 0 aliphatic carbocycles. The molecular formula is C12H11N3O2. The topological polar surface area (TPSA) is 89.1 Å². The van der Waals surface area contributed by atoms with Gasteiger partial charge >= 0.3 is 5.97 Å². The lowest BCUT2D eigenvalue weighted by Gasteiger charge is -2.06. The number of pyridine rings is 2. The van der Waals surface area contributed by atoms with Crippen LogP contribution in [0.3, 0.4) is 0 Å². The van der Waals surface area contributed by atoms with Crippen LogP contribution in [0.25, 0.3) is 11.1 Å². The zero-order valence-corrected chi connectivity index (χ0v) is 9.00. The Morgan fingerprint density at radius 1 is 1.41 bits per heavy atom. The van der Waals surface area contributed by atoms with Crippen molar-refractivity contribution < 1.29 is 9.90 Å². The highest BCUT2D eigenvalue weighted by molar-refractivity contribution is 5.76. The molecule has 17 heavy (non-hydrogen) atoms. The number of carbonyl (C=O) groups is 1. The van der Waals surface area contributed by atoms with E-state index in [2.05, 4.69) is 9.97 Å². The number of nitrogens with two attached hydrogens (primary N) is 1. The maximum absolute atomic E-state index is 10.6. The second-order valence-electron chi connectivity index (χ2n) is 3.59. The molecule has 0 amide bonds. The first kappa shape index (κ1) is 11.1. The minimum Gasteiger partial charge on any atom is -0.481 e. The molecule has 0 bridgehead atoms. The fraction of sp³-hybridized carbons (Fsp3) is 0.0833. The van der Waals surface area contributed by atoms with Crippen LogP contribution < -0.4 is 5.73 Å². The first-order valence-electron chi connectivity index (χ1n) is 5.03. The highest BCUT2D eigenvalue weighted by Gasteiger charge is 2.07. The van der Waals surface area contributed by atoms with Crippen LogP contribution >= 0.6 is 0 Å². The van der Waals surface area contributed by atoms with E-state index in [9.17, 15) is 4.79 Å². The summed E-state index contributed by atoms with van der Waals surface area (Å²) in [7, 11) is 0. The molecule has 0 atom stereocenters. The smallest absolute Gasteiger partial charge is 0.307 e. The summed E-state index contributed by atoms with van der Waals surface area (Å²) >= 11 is 0. The predicted octanol–water partition coefficient (Wildman–Crippen LogP) is 1.35. The summed E-state index contributed by atoms with van der Waals surface area (Å²) in [6, 6.07) is 5.37. The van der Waals surface area contributed by atoms with Gasteiger partial charge in [-0.25, -0.2) is 4.98 Å². The van der Waals surface area contributed by atoms with Crippen LogP contribution in [0.5, 0.6) is 0 Å². The van der Waals surface area contributed by atoms with Crippen LogP contribution in [0.15, 0.2) is 36.8 Å². The quantitative estimate of drug-likeness (QED) is 0.829. The Morgan fingerprint density at radius 2 is 2.24 bits per heavy atom. The van der Waals surface area contributed by atoms with E-state index in [1.807, 2.05) is 6.07 Å². The van der Waals surface area contributed by atoms with Crippen molar-refractivity contribution in [1.29, 1.82) is 0 Å². The molecule has 5 nitrogen and oxygen atoms in total. The van der Waals surface area contributed by atoms with Crippen LogP contribution in [-0.2, 0) is 11.2 Å². The molecule has 0 spiro atoms. The molecule has 2 rings (SSSR count). The predicted molar refractivity (Wildman–Crippen MR) is 63.2 cm³/mol. The number of carboxylic acids is 1. The van der Waals surface area contributed by atoms with Crippen LogP contribution in [0, 0.1) is 0 Å². The van der Waals surface area contributed by atoms with Gasteiger partial charge in [0.05, 0.1) is 6.42 Å². The van der Waals surface area contributed by atoms with Crippen LogP contribution in [0.2, 0.25) is 0 Å². The molecule has 0 aliphatic rings. The largest absolute Gasteiger partial charge is 0.481 e. The maximum Gasteiger partial charge on any atom is 0.307 e. The van der Waals surface area contributed by atoms with Gasteiger partial charge in [-0.3, -0.25) is 9.78 Å². The zero-order valence-electron chi connectivity index (χ0n) is 9.00. The molecule has 2 heterocycles. The second kappa shape index (κ2) is 4.61. The van der Waals surface area contributed by atoms with Crippen molar-refractivity contribution in [3.05, 3.63) is 42.4 Å². The van der Waals surface area contributed by atoms with E-state index in [1.54, 1.807) is 24.5 Å². The Morgan fingerprint density at radius 3 is 2.88 bits per heavy atom. The third kappa shape index (κ3) is 2.57. The Kier molecular flexibility index (Phi) is 3.00. The summed E-state index contributed by atoms with van der Waals surface area (Å²) in [6.07, 6.45) is 4.73. The third-order valence-corrected chi connectivity index (χ3v) is 2.30. The van der Waals surface area contributed by atoms with Gasteiger partial charge < -0.3 is 10.8 Å². The van der Waals surface area contributed by atoms with Crippen molar-refractivity contribution in [1.82, 2.24) is 9.97 Å². The standard InChI is InChI=1S/C12H11N3O2/c13-12-10(9-2-1-3-14-7-9)4-8(6-15-12)5-11(16)17/h1-4,6-7H,5H2,(H2,13,15)(H,16,17). The lowest BCUT2D eigenvalue weighted by molar-refractivity contribution is -0.136. The zero-order chi connectivity index (χ0) is 12.3. The molecule has 2 aromatic heterocycles. The van der Waals surface area contributed by atoms with Crippen molar-refractivity contribution in [2.45, 2.75) is 6.42 Å². The van der Waals surface area contributed by atoms with Crippen LogP contribution in [0.1, 0.15) is 5.56 Å². The molecule has 5 heteroatoms. The van der Waals surface area contributed by atoms with Gasteiger partial charge in [-0.2, -0.15) is 0 Å². The summed E-state index contributed by atoms with van der Waals surface area (Å²) in [5.74, 6) is -0.527. The molecule has 2 aromatic rings. The van der Waals surface area contributed by atoms with E-state index in [4.69, 9.17) is 10.8 Å². The van der Waals surface area contributed by atoms with Crippen molar-refractivity contribution in [3.63, 3.8) is 0 Å². The van der Waals surface area contributed by atoms with Crippen molar-refractivity contribution >= 4 is 11.8 Å². The fourth-order valence-corrected chi connectivity index (χ4v) is 1.54. The molecule has 0 fully saturated rings. The first-order chi connectivity index (χ1) is 8.16. The summed E-state index contributed by atoms with van der Waals surface area (Å²) in [6.45, 7) is 0. The number of nitrogens with zero attached hydrogens (tertiary/aromatic N) is 2. The van der Waals surface area contributed by atoms with Crippen LogP contribution in [0.4, 0.5) is 5.82 Å². The molecule has 0 saturated heterocycles. The first-order valence-corrected chi connectivity index (χ1v) is 5.03. The van der Waals surface area contributed by atoms with Crippen LogP contribution in [-0.4, -0.2) is 21.0 Å². The maximum atomic E-state index is 10.6.